The molecule has 0 aromatic rings. The molecule has 1 aliphatic rings. The van der Waals surface area contributed by atoms with E-state index in [1.807, 2.05) is 0 Å². The van der Waals surface area contributed by atoms with Crippen LogP contribution >= 0.6 is 22.6 Å². The third-order valence-electron chi connectivity index (χ3n) is 2.66. The fourth-order valence-electron chi connectivity index (χ4n) is 1.68. The predicted molar refractivity (Wildman–Crippen MR) is 67.2 cm³/mol. The number of sulfonamides is 1. The summed E-state index contributed by atoms with van der Waals surface area (Å²) in [5.74, 6) is 0.554. The molecule has 14 heavy (non-hydrogen) atoms. The lowest BCUT2D eigenvalue weighted by Gasteiger charge is -2.32. The van der Waals surface area contributed by atoms with E-state index in [-0.39, 0.29) is 5.25 Å². The first kappa shape index (κ1) is 12.7. The van der Waals surface area contributed by atoms with Crippen LogP contribution in [0.2, 0.25) is 0 Å². The Hall–Kier alpha value is 0.640. The lowest BCUT2D eigenvalue weighted by atomic mass is 10.0. The summed E-state index contributed by atoms with van der Waals surface area (Å²) in [6, 6.07) is 0. The van der Waals surface area contributed by atoms with Crippen molar-refractivity contribution in [3.8, 4) is 0 Å². The minimum Gasteiger partial charge on any atom is -0.212 e. The zero-order valence-corrected chi connectivity index (χ0v) is 11.7. The molecular weight excluding hydrogens is 313 g/mol. The molecule has 0 aromatic heterocycles. The van der Waals surface area contributed by atoms with E-state index in [4.69, 9.17) is 0 Å². The van der Waals surface area contributed by atoms with E-state index >= 15 is 0 Å². The van der Waals surface area contributed by atoms with Gasteiger partial charge in [-0.05, 0) is 32.6 Å². The zero-order chi connectivity index (χ0) is 10.8. The van der Waals surface area contributed by atoms with Crippen molar-refractivity contribution in [1.29, 1.82) is 0 Å². The number of hydrogen-bond acceptors (Lipinski definition) is 2. The Labute approximate surface area is 100 Å². The zero-order valence-electron chi connectivity index (χ0n) is 8.74. The summed E-state index contributed by atoms with van der Waals surface area (Å²) in [4.78, 5) is 0. The highest BCUT2D eigenvalue weighted by molar-refractivity contribution is 14.1. The molecule has 1 unspecified atom stereocenters. The van der Waals surface area contributed by atoms with Crippen molar-refractivity contribution in [2.75, 3.05) is 17.5 Å². The lowest BCUT2D eigenvalue weighted by molar-refractivity contribution is 0.285. The van der Waals surface area contributed by atoms with Gasteiger partial charge in [0.1, 0.15) is 0 Å². The normalized spacial score (nSPS) is 25.6. The molecule has 1 fully saturated rings. The van der Waals surface area contributed by atoms with Crippen LogP contribution in [-0.2, 0) is 10.0 Å². The van der Waals surface area contributed by atoms with Crippen LogP contribution < -0.4 is 0 Å². The number of halogens is 1. The van der Waals surface area contributed by atoms with E-state index in [9.17, 15) is 8.42 Å². The highest BCUT2D eigenvalue weighted by Crippen LogP contribution is 2.22. The molecule has 0 radical (unpaired) electrons. The van der Waals surface area contributed by atoms with Crippen molar-refractivity contribution >= 4 is 32.6 Å². The highest BCUT2D eigenvalue weighted by atomic mass is 127. The minimum atomic E-state index is -3.01. The van der Waals surface area contributed by atoms with Crippen molar-refractivity contribution in [1.82, 2.24) is 4.31 Å². The molecule has 0 aliphatic carbocycles. The van der Waals surface area contributed by atoms with Gasteiger partial charge in [0.25, 0.3) is 0 Å². The summed E-state index contributed by atoms with van der Waals surface area (Å²) >= 11 is 2.34. The average molecular weight is 331 g/mol. The monoisotopic (exact) mass is 331 g/mol. The van der Waals surface area contributed by atoms with Gasteiger partial charge in [-0.1, -0.05) is 22.6 Å². The Morgan fingerprint density at radius 2 is 2.14 bits per heavy atom. The second kappa shape index (κ2) is 5.12. The molecule has 1 heterocycles. The molecule has 5 heteroatoms. The molecule has 0 spiro atoms. The maximum Gasteiger partial charge on any atom is 0.216 e. The van der Waals surface area contributed by atoms with Gasteiger partial charge in [-0.15, -0.1) is 0 Å². The Morgan fingerprint density at radius 3 is 2.64 bits per heavy atom. The maximum atomic E-state index is 11.9. The van der Waals surface area contributed by atoms with Gasteiger partial charge in [-0.2, -0.15) is 0 Å². The largest absolute Gasteiger partial charge is 0.216 e. The molecule has 1 atom stereocenters. The van der Waals surface area contributed by atoms with Gasteiger partial charge in [0.2, 0.25) is 10.0 Å². The quantitative estimate of drug-likeness (QED) is 0.585. The van der Waals surface area contributed by atoms with Crippen LogP contribution in [0.5, 0.6) is 0 Å². The summed E-state index contributed by atoms with van der Waals surface area (Å²) in [6.45, 7) is 4.95. The van der Waals surface area contributed by atoms with Crippen molar-refractivity contribution in [2.24, 2.45) is 5.92 Å². The molecule has 1 rings (SSSR count). The molecule has 0 bridgehead atoms. The summed E-state index contributed by atoms with van der Waals surface area (Å²) in [5.41, 5.74) is 0. The fourth-order valence-corrected chi connectivity index (χ4v) is 3.80. The van der Waals surface area contributed by atoms with Gasteiger partial charge in [0.15, 0.2) is 0 Å². The van der Waals surface area contributed by atoms with E-state index in [0.29, 0.717) is 12.5 Å². The second-order valence-electron chi connectivity index (χ2n) is 4.11. The first-order valence-corrected chi connectivity index (χ1v) is 8.06. The molecule has 0 N–H and O–H groups in total. The number of hydrogen-bond donors (Lipinski definition) is 0. The van der Waals surface area contributed by atoms with Gasteiger partial charge in [-0.3, -0.25) is 0 Å². The van der Waals surface area contributed by atoms with Crippen molar-refractivity contribution in [3.05, 3.63) is 0 Å². The van der Waals surface area contributed by atoms with Crippen LogP contribution in [0.25, 0.3) is 0 Å². The summed E-state index contributed by atoms with van der Waals surface area (Å²) in [5, 5.41) is -0.282. The SMILES string of the molecule is CC(C)S(=O)(=O)N1CCCC(CI)C1. The molecule has 1 saturated heterocycles. The van der Waals surface area contributed by atoms with Gasteiger partial charge >= 0.3 is 0 Å². The predicted octanol–water partition coefficient (Wildman–Crippen LogP) is 1.87. The molecule has 0 amide bonds. The number of rotatable bonds is 3. The van der Waals surface area contributed by atoms with Gasteiger partial charge in [-0.25, -0.2) is 12.7 Å². The van der Waals surface area contributed by atoms with Gasteiger partial charge in [0, 0.05) is 17.5 Å². The highest BCUT2D eigenvalue weighted by Gasteiger charge is 2.30. The average Bonchev–Trinajstić information content (AvgIpc) is 2.17. The number of piperidine rings is 1. The molecule has 0 aromatic carbocycles. The lowest BCUT2D eigenvalue weighted by Crippen LogP contribution is -2.43. The van der Waals surface area contributed by atoms with E-state index in [2.05, 4.69) is 22.6 Å². The summed E-state index contributed by atoms with van der Waals surface area (Å²) in [6.07, 6.45) is 2.19. The van der Waals surface area contributed by atoms with Crippen LogP contribution in [0.1, 0.15) is 26.7 Å². The molecule has 0 saturated carbocycles. The van der Waals surface area contributed by atoms with E-state index in [1.165, 1.54) is 6.42 Å². The Morgan fingerprint density at radius 1 is 1.50 bits per heavy atom. The summed E-state index contributed by atoms with van der Waals surface area (Å²) < 4.78 is 26.5. The Balaban J connectivity index is 2.69. The first-order chi connectivity index (χ1) is 6.48. The van der Waals surface area contributed by atoms with Gasteiger partial charge in [0.05, 0.1) is 5.25 Å². The summed E-state index contributed by atoms with van der Waals surface area (Å²) in [7, 11) is -3.01. The third kappa shape index (κ3) is 2.82. The molecular formula is C9H18INO2S. The van der Waals surface area contributed by atoms with Crippen LogP contribution in [0.15, 0.2) is 0 Å². The molecule has 84 valence electrons. The Bertz CT molecular complexity index is 277. The van der Waals surface area contributed by atoms with Crippen molar-refractivity contribution < 1.29 is 8.42 Å². The van der Waals surface area contributed by atoms with Crippen LogP contribution in [0, 0.1) is 5.92 Å². The third-order valence-corrected chi connectivity index (χ3v) is 6.14. The van der Waals surface area contributed by atoms with E-state index in [0.717, 1.165) is 17.4 Å². The van der Waals surface area contributed by atoms with Crippen LogP contribution in [-0.4, -0.2) is 35.5 Å². The van der Waals surface area contributed by atoms with Crippen molar-refractivity contribution in [3.63, 3.8) is 0 Å². The van der Waals surface area contributed by atoms with E-state index in [1.54, 1.807) is 18.2 Å². The minimum absolute atomic E-state index is 0.282. The fraction of sp³-hybridized carbons (Fsp3) is 1.00. The van der Waals surface area contributed by atoms with Crippen molar-refractivity contribution in [2.45, 2.75) is 31.9 Å². The van der Waals surface area contributed by atoms with Gasteiger partial charge < -0.3 is 0 Å². The van der Waals surface area contributed by atoms with Crippen LogP contribution in [0.3, 0.4) is 0 Å². The number of alkyl halides is 1. The van der Waals surface area contributed by atoms with E-state index < -0.39 is 10.0 Å². The molecule has 1 aliphatic heterocycles. The smallest absolute Gasteiger partial charge is 0.212 e. The standard InChI is InChI=1S/C9H18INO2S/c1-8(2)14(12,13)11-5-3-4-9(6-10)7-11/h8-9H,3-7H2,1-2H3. The number of nitrogens with zero attached hydrogens (tertiary/aromatic N) is 1. The topological polar surface area (TPSA) is 37.4 Å². The Kier molecular flexibility index (Phi) is 4.64. The first-order valence-electron chi connectivity index (χ1n) is 5.03. The van der Waals surface area contributed by atoms with Crippen LogP contribution in [0.4, 0.5) is 0 Å². The maximum absolute atomic E-state index is 11.9. The second-order valence-corrected chi connectivity index (χ2v) is 7.48. The molecule has 3 nitrogen and oxygen atoms in total.